The third-order valence-corrected chi connectivity index (χ3v) is 3.51. The number of hydrogen-bond acceptors (Lipinski definition) is 2. The molecule has 0 amide bonds. The number of aryl methyl sites for hydroxylation is 1. The standard InChI is InChI=1S/C15H17BrN2/c1-10-5-3-8-14(17)15(10)18-11(2)12-6-4-7-13(16)9-12/h3-9,11,18H,17H2,1-2H3. The van der Waals surface area contributed by atoms with E-state index < -0.39 is 0 Å². The highest BCUT2D eigenvalue weighted by Gasteiger charge is 2.09. The van der Waals surface area contributed by atoms with Gasteiger partial charge in [-0.2, -0.15) is 0 Å². The van der Waals surface area contributed by atoms with Crippen LogP contribution in [0.2, 0.25) is 0 Å². The molecule has 0 radical (unpaired) electrons. The van der Waals surface area contributed by atoms with Gasteiger partial charge in [0.05, 0.1) is 11.4 Å². The van der Waals surface area contributed by atoms with Crippen molar-refractivity contribution in [3.05, 3.63) is 58.1 Å². The minimum absolute atomic E-state index is 0.214. The van der Waals surface area contributed by atoms with Crippen molar-refractivity contribution < 1.29 is 0 Å². The predicted molar refractivity (Wildman–Crippen MR) is 81.8 cm³/mol. The van der Waals surface area contributed by atoms with Gasteiger partial charge in [0.2, 0.25) is 0 Å². The Morgan fingerprint density at radius 1 is 1.17 bits per heavy atom. The van der Waals surface area contributed by atoms with E-state index in [1.807, 2.05) is 24.3 Å². The summed E-state index contributed by atoms with van der Waals surface area (Å²) < 4.78 is 1.09. The molecule has 94 valence electrons. The highest BCUT2D eigenvalue weighted by molar-refractivity contribution is 9.10. The minimum Gasteiger partial charge on any atom is -0.397 e. The number of halogens is 1. The largest absolute Gasteiger partial charge is 0.397 e. The zero-order valence-electron chi connectivity index (χ0n) is 10.6. The van der Waals surface area contributed by atoms with Crippen molar-refractivity contribution in [3.8, 4) is 0 Å². The molecule has 0 heterocycles. The monoisotopic (exact) mass is 304 g/mol. The predicted octanol–water partition coefficient (Wildman–Crippen LogP) is 4.51. The van der Waals surface area contributed by atoms with Gasteiger partial charge in [-0.05, 0) is 43.2 Å². The number of hydrogen-bond donors (Lipinski definition) is 2. The van der Waals surface area contributed by atoms with Crippen LogP contribution in [0, 0.1) is 6.92 Å². The van der Waals surface area contributed by atoms with Crippen LogP contribution in [0.5, 0.6) is 0 Å². The molecule has 1 unspecified atom stereocenters. The molecule has 0 spiro atoms. The maximum absolute atomic E-state index is 6.01. The van der Waals surface area contributed by atoms with Crippen molar-refractivity contribution in [3.63, 3.8) is 0 Å². The van der Waals surface area contributed by atoms with Crippen LogP contribution in [0.4, 0.5) is 11.4 Å². The van der Waals surface area contributed by atoms with Gasteiger partial charge in [0.25, 0.3) is 0 Å². The fourth-order valence-electron chi connectivity index (χ4n) is 1.96. The molecule has 0 aromatic heterocycles. The summed E-state index contributed by atoms with van der Waals surface area (Å²) in [6, 6.07) is 14.5. The summed E-state index contributed by atoms with van der Waals surface area (Å²) in [4.78, 5) is 0. The normalized spacial score (nSPS) is 12.2. The van der Waals surface area contributed by atoms with Gasteiger partial charge in [0.15, 0.2) is 0 Å². The van der Waals surface area contributed by atoms with E-state index in [4.69, 9.17) is 5.73 Å². The molecule has 0 saturated carbocycles. The van der Waals surface area contributed by atoms with Crippen LogP contribution in [0.25, 0.3) is 0 Å². The fourth-order valence-corrected chi connectivity index (χ4v) is 2.38. The molecule has 0 fully saturated rings. The van der Waals surface area contributed by atoms with E-state index in [9.17, 15) is 0 Å². The Labute approximate surface area is 116 Å². The summed E-state index contributed by atoms with van der Waals surface area (Å²) in [5, 5.41) is 3.48. The Morgan fingerprint density at radius 2 is 1.89 bits per heavy atom. The Kier molecular flexibility index (Phi) is 3.92. The van der Waals surface area contributed by atoms with E-state index in [-0.39, 0.29) is 6.04 Å². The van der Waals surface area contributed by atoms with E-state index in [2.05, 4.69) is 53.3 Å². The van der Waals surface area contributed by atoms with E-state index in [1.165, 1.54) is 5.56 Å². The average molecular weight is 305 g/mol. The summed E-state index contributed by atoms with van der Waals surface area (Å²) in [6.45, 7) is 4.19. The zero-order chi connectivity index (χ0) is 13.1. The molecular weight excluding hydrogens is 288 g/mol. The SMILES string of the molecule is Cc1cccc(N)c1NC(C)c1cccc(Br)c1. The van der Waals surface area contributed by atoms with E-state index in [0.717, 1.165) is 21.4 Å². The molecule has 0 aliphatic carbocycles. The third-order valence-electron chi connectivity index (χ3n) is 3.01. The average Bonchev–Trinajstić information content (AvgIpc) is 2.34. The highest BCUT2D eigenvalue weighted by atomic mass is 79.9. The maximum atomic E-state index is 6.01. The Morgan fingerprint density at radius 3 is 2.56 bits per heavy atom. The Bertz CT molecular complexity index is 532. The number of anilines is 2. The number of nitrogens with one attached hydrogen (secondary N) is 1. The number of rotatable bonds is 3. The topological polar surface area (TPSA) is 38.0 Å². The van der Waals surface area contributed by atoms with Gasteiger partial charge in [0.1, 0.15) is 0 Å². The molecule has 1 atom stereocenters. The van der Waals surface area contributed by atoms with Gasteiger partial charge in [-0.3, -0.25) is 0 Å². The summed E-state index contributed by atoms with van der Waals surface area (Å²) in [5.74, 6) is 0. The van der Waals surface area contributed by atoms with Crippen molar-refractivity contribution in [2.24, 2.45) is 0 Å². The van der Waals surface area contributed by atoms with Gasteiger partial charge < -0.3 is 11.1 Å². The lowest BCUT2D eigenvalue weighted by atomic mass is 10.1. The lowest BCUT2D eigenvalue weighted by Gasteiger charge is -2.19. The summed E-state index contributed by atoms with van der Waals surface area (Å²) in [5.41, 5.74) is 10.2. The number of nitrogen functional groups attached to an aromatic ring is 1. The first-order chi connectivity index (χ1) is 8.58. The maximum Gasteiger partial charge on any atom is 0.0608 e. The van der Waals surface area contributed by atoms with Crippen molar-refractivity contribution in [1.29, 1.82) is 0 Å². The van der Waals surface area contributed by atoms with Crippen molar-refractivity contribution in [2.75, 3.05) is 11.1 Å². The second-order valence-corrected chi connectivity index (χ2v) is 5.38. The first-order valence-electron chi connectivity index (χ1n) is 5.95. The lowest BCUT2D eigenvalue weighted by molar-refractivity contribution is 0.882. The number of nitrogens with two attached hydrogens (primary N) is 1. The molecule has 2 nitrogen and oxygen atoms in total. The second-order valence-electron chi connectivity index (χ2n) is 4.46. The molecule has 0 saturated heterocycles. The summed E-state index contributed by atoms with van der Waals surface area (Å²) in [7, 11) is 0. The smallest absolute Gasteiger partial charge is 0.0608 e. The summed E-state index contributed by atoms with van der Waals surface area (Å²) in [6.07, 6.45) is 0. The minimum atomic E-state index is 0.214. The molecule has 0 aliphatic heterocycles. The van der Waals surface area contributed by atoms with Crippen molar-refractivity contribution >= 4 is 27.3 Å². The summed E-state index contributed by atoms with van der Waals surface area (Å²) >= 11 is 3.49. The molecule has 18 heavy (non-hydrogen) atoms. The molecular formula is C15H17BrN2. The quantitative estimate of drug-likeness (QED) is 0.819. The van der Waals surface area contributed by atoms with Gasteiger partial charge >= 0.3 is 0 Å². The van der Waals surface area contributed by atoms with Crippen LogP contribution in [0.3, 0.4) is 0 Å². The van der Waals surface area contributed by atoms with Crippen LogP contribution in [0.1, 0.15) is 24.1 Å². The molecule has 0 bridgehead atoms. The second kappa shape index (κ2) is 5.44. The van der Waals surface area contributed by atoms with Crippen molar-refractivity contribution in [2.45, 2.75) is 19.9 Å². The molecule has 2 rings (SSSR count). The first kappa shape index (κ1) is 13.0. The van der Waals surface area contributed by atoms with Crippen LogP contribution in [-0.4, -0.2) is 0 Å². The Hall–Kier alpha value is -1.48. The van der Waals surface area contributed by atoms with Gasteiger partial charge in [0, 0.05) is 10.5 Å². The van der Waals surface area contributed by atoms with Crippen LogP contribution in [-0.2, 0) is 0 Å². The molecule has 2 aromatic carbocycles. The molecule has 0 aliphatic rings. The molecule has 3 N–H and O–H groups in total. The van der Waals surface area contributed by atoms with Crippen LogP contribution < -0.4 is 11.1 Å². The zero-order valence-corrected chi connectivity index (χ0v) is 12.2. The van der Waals surface area contributed by atoms with E-state index in [1.54, 1.807) is 0 Å². The van der Waals surface area contributed by atoms with E-state index >= 15 is 0 Å². The van der Waals surface area contributed by atoms with Gasteiger partial charge in [-0.1, -0.05) is 40.2 Å². The van der Waals surface area contributed by atoms with Gasteiger partial charge in [-0.25, -0.2) is 0 Å². The van der Waals surface area contributed by atoms with Crippen LogP contribution in [0.15, 0.2) is 46.9 Å². The number of benzene rings is 2. The molecule has 3 heteroatoms. The van der Waals surface area contributed by atoms with Gasteiger partial charge in [-0.15, -0.1) is 0 Å². The highest BCUT2D eigenvalue weighted by Crippen LogP contribution is 2.28. The Balaban J connectivity index is 2.24. The van der Waals surface area contributed by atoms with E-state index in [0.29, 0.717) is 0 Å². The first-order valence-corrected chi connectivity index (χ1v) is 6.74. The molecule has 2 aromatic rings. The fraction of sp³-hybridized carbons (Fsp3) is 0.200. The third kappa shape index (κ3) is 2.85. The van der Waals surface area contributed by atoms with Crippen LogP contribution >= 0.6 is 15.9 Å². The lowest BCUT2D eigenvalue weighted by Crippen LogP contribution is -2.09. The number of para-hydroxylation sites is 1. The van der Waals surface area contributed by atoms with Crippen molar-refractivity contribution in [1.82, 2.24) is 0 Å².